The molecule has 0 radical (unpaired) electrons. The number of aromatic nitrogens is 3. The van der Waals surface area contributed by atoms with Gasteiger partial charge in [-0.1, -0.05) is 65.7 Å². The maximum Gasteiger partial charge on any atom is 0.244 e. The number of halogens is 1. The van der Waals surface area contributed by atoms with Crippen LogP contribution in [-0.4, -0.2) is 33.0 Å². The zero-order chi connectivity index (χ0) is 28.0. The van der Waals surface area contributed by atoms with Crippen molar-refractivity contribution in [2.75, 3.05) is 16.8 Å². The van der Waals surface area contributed by atoms with Crippen molar-refractivity contribution in [2.24, 2.45) is 0 Å². The predicted octanol–water partition coefficient (Wildman–Crippen LogP) is 6.96. The molecule has 0 atom stereocenters. The number of amides is 2. The topological polar surface area (TPSA) is 79.6 Å². The highest BCUT2D eigenvalue weighted by Crippen LogP contribution is 2.32. The molecule has 2 amide bonds. The molecule has 0 saturated heterocycles. The quantitative estimate of drug-likeness (QED) is 0.253. The summed E-state index contributed by atoms with van der Waals surface area (Å²) in [5.41, 5.74) is 7.36. The minimum absolute atomic E-state index is 0.0981. The molecule has 0 bridgehead atoms. The first-order valence-electron chi connectivity index (χ1n) is 12.9. The van der Waals surface area contributed by atoms with Crippen LogP contribution < -0.4 is 10.2 Å². The summed E-state index contributed by atoms with van der Waals surface area (Å²) in [5.74, 6) is -0.501. The lowest BCUT2D eigenvalue weighted by Gasteiger charge is -2.23. The van der Waals surface area contributed by atoms with Gasteiger partial charge in [-0.15, -0.1) is 0 Å². The van der Waals surface area contributed by atoms with E-state index >= 15 is 0 Å². The van der Waals surface area contributed by atoms with Crippen LogP contribution in [0.5, 0.6) is 0 Å². The van der Waals surface area contributed by atoms with E-state index < -0.39 is 0 Å². The highest BCUT2D eigenvalue weighted by molar-refractivity contribution is 6.30. The second-order valence-corrected chi connectivity index (χ2v) is 10.3. The van der Waals surface area contributed by atoms with Crippen molar-refractivity contribution in [3.05, 3.63) is 101 Å². The van der Waals surface area contributed by atoms with Crippen LogP contribution in [0.15, 0.2) is 84.9 Å². The Morgan fingerprint density at radius 1 is 0.925 bits per heavy atom. The van der Waals surface area contributed by atoms with E-state index in [0.717, 1.165) is 50.0 Å². The number of rotatable bonds is 5. The molecule has 2 heterocycles. The fourth-order valence-corrected chi connectivity index (χ4v) is 5.22. The fraction of sp³-hybridized carbons (Fsp3) is 0.125. The molecule has 6 rings (SSSR count). The molecule has 0 aliphatic rings. The Hall–Kier alpha value is -4.75. The average molecular weight is 548 g/mol. The van der Waals surface area contributed by atoms with Gasteiger partial charge in [-0.05, 0) is 55.8 Å². The van der Waals surface area contributed by atoms with Gasteiger partial charge in [0.15, 0.2) is 5.65 Å². The summed E-state index contributed by atoms with van der Waals surface area (Å²) < 4.78 is 1.84. The van der Waals surface area contributed by atoms with Crippen molar-refractivity contribution in [1.82, 2.24) is 14.6 Å². The third-order valence-electron chi connectivity index (χ3n) is 6.98. The monoisotopic (exact) mass is 547 g/mol. The van der Waals surface area contributed by atoms with Gasteiger partial charge in [-0.2, -0.15) is 5.10 Å². The number of benzene rings is 4. The molecule has 198 valence electrons. The van der Waals surface area contributed by atoms with E-state index in [4.69, 9.17) is 21.7 Å². The van der Waals surface area contributed by atoms with Crippen LogP contribution in [-0.2, 0) is 9.59 Å². The number of hydrogen-bond acceptors (Lipinski definition) is 4. The van der Waals surface area contributed by atoms with Crippen LogP contribution in [0.1, 0.15) is 18.1 Å². The Kier molecular flexibility index (Phi) is 6.44. The van der Waals surface area contributed by atoms with E-state index in [9.17, 15) is 9.59 Å². The van der Waals surface area contributed by atoms with Gasteiger partial charge >= 0.3 is 0 Å². The normalized spacial score (nSPS) is 11.3. The van der Waals surface area contributed by atoms with Crippen molar-refractivity contribution >= 4 is 62.2 Å². The van der Waals surface area contributed by atoms with Crippen LogP contribution in [0.25, 0.3) is 38.7 Å². The van der Waals surface area contributed by atoms with Crippen molar-refractivity contribution in [3.63, 3.8) is 0 Å². The van der Waals surface area contributed by atoms with Crippen molar-refractivity contribution in [3.8, 4) is 11.3 Å². The minimum Gasteiger partial charge on any atom is -0.324 e. The molecule has 1 N–H and O–H groups in total. The van der Waals surface area contributed by atoms with E-state index in [1.807, 2.05) is 103 Å². The van der Waals surface area contributed by atoms with Crippen LogP contribution >= 0.6 is 11.6 Å². The van der Waals surface area contributed by atoms with Gasteiger partial charge in [0, 0.05) is 39.7 Å². The Morgan fingerprint density at radius 2 is 1.68 bits per heavy atom. The van der Waals surface area contributed by atoms with Crippen LogP contribution in [0, 0.1) is 13.8 Å². The minimum atomic E-state index is -0.299. The number of fused-ring (bicyclic) bond motifs is 5. The smallest absolute Gasteiger partial charge is 0.244 e. The summed E-state index contributed by atoms with van der Waals surface area (Å²) in [5, 5.41) is 10.5. The molecule has 7 nitrogen and oxygen atoms in total. The molecule has 2 aromatic heterocycles. The Morgan fingerprint density at radius 3 is 2.40 bits per heavy atom. The zero-order valence-corrected chi connectivity index (χ0v) is 23.0. The third kappa shape index (κ3) is 4.65. The fourth-order valence-electron chi connectivity index (χ4n) is 5.10. The molecular weight excluding hydrogens is 522 g/mol. The van der Waals surface area contributed by atoms with Gasteiger partial charge in [-0.3, -0.25) is 9.59 Å². The molecule has 0 unspecified atom stereocenters. The highest BCUT2D eigenvalue weighted by Gasteiger charge is 2.19. The van der Waals surface area contributed by atoms with Gasteiger partial charge in [0.2, 0.25) is 11.8 Å². The maximum atomic E-state index is 13.0. The number of aryl methyl sites for hydroxylation is 2. The largest absolute Gasteiger partial charge is 0.324 e. The SMILES string of the molecule is CC(=O)N(CC(=O)Nc1ccc2c(c1)nc1c3ccccc3c(-c3ccc(Cl)cc3)nn21)c1ccc(C)cc1C. The molecule has 0 aliphatic carbocycles. The number of nitrogens with zero attached hydrogens (tertiary/aromatic N) is 4. The van der Waals surface area contributed by atoms with Gasteiger partial charge in [0.25, 0.3) is 0 Å². The summed E-state index contributed by atoms with van der Waals surface area (Å²) in [6, 6.07) is 27.0. The third-order valence-corrected chi connectivity index (χ3v) is 7.23. The number of nitrogens with one attached hydrogen (secondary N) is 1. The van der Waals surface area contributed by atoms with E-state index in [1.54, 1.807) is 0 Å². The molecule has 40 heavy (non-hydrogen) atoms. The Balaban J connectivity index is 1.35. The standard InChI is InChI=1S/C32H26ClN5O2/c1-19-8-14-28(20(2)16-19)37(21(3)39)18-30(40)34-24-13-15-29-27(17-24)35-32-26-7-5-4-6-25(26)31(36-38(29)32)22-9-11-23(33)12-10-22/h4-17H,18H2,1-3H3,(H,34,40). The van der Waals surface area contributed by atoms with Gasteiger partial charge in [0.05, 0.1) is 16.7 Å². The molecular formula is C32H26ClN5O2. The molecule has 0 spiro atoms. The van der Waals surface area contributed by atoms with Crippen molar-refractivity contribution in [2.45, 2.75) is 20.8 Å². The molecule has 0 fully saturated rings. The van der Waals surface area contributed by atoms with Crippen molar-refractivity contribution in [1.29, 1.82) is 0 Å². The predicted molar refractivity (Wildman–Crippen MR) is 161 cm³/mol. The van der Waals surface area contributed by atoms with Gasteiger partial charge < -0.3 is 10.2 Å². The summed E-state index contributed by atoms with van der Waals surface area (Å²) in [6.45, 7) is 5.29. The number of carbonyl (C=O) groups is 2. The summed E-state index contributed by atoms with van der Waals surface area (Å²) in [6.07, 6.45) is 0. The number of hydrogen-bond donors (Lipinski definition) is 1. The van der Waals surface area contributed by atoms with Crippen LogP contribution in [0.4, 0.5) is 11.4 Å². The lowest BCUT2D eigenvalue weighted by molar-refractivity contribution is -0.120. The van der Waals surface area contributed by atoms with Gasteiger partial charge in [-0.25, -0.2) is 9.50 Å². The highest BCUT2D eigenvalue weighted by atomic mass is 35.5. The van der Waals surface area contributed by atoms with Crippen LogP contribution in [0.3, 0.4) is 0 Å². The second-order valence-electron chi connectivity index (χ2n) is 9.90. The van der Waals surface area contributed by atoms with Gasteiger partial charge in [0.1, 0.15) is 6.54 Å². The summed E-state index contributed by atoms with van der Waals surface area (Å²) in [7, 11) is 0. The zero-order valence-electron chi connectivity index (χ0n) is 22.3. The molecule has 8 heteroatoms. The van der Waals surface area contributed by atoms with E-state index in [1.165, 1.54) is 11.8 Å². The lowest BCUT2D eigenvalue weighted by Crippen LogP contribution is -2.37. The average Bonchev–Trinajstić information content (AvgIpc) is 3.30. The first kappa shape index (κ1) is 25.5. The molecule has 0 saturated carbocycles. The Bertz CT molecular complexity index is 1950. The van der Waals surface area contributed by atoms with Crippen LogP contribution in [0.2, 0.25) is 5.02 Å². The van der Waals surface area contributed by atoms with E-state index in [-0.39, 0.29) is 18.4 Å². The molecule has 0 aliphatic heterocycles. The van der Waals surface area contributed by atoms with Crippen molar-refractivity contribution < 1.29 is 9.59 Å². The molecule has 6 aromatic rings. The molecule has 4 aromatic carbocycles. The van der Waals surface area contributed by atoms with E-state index in [2.05, 4.69) is 5.32 Å². The summed E-state index contributed by atoms with van der Waals surface area (Å²) >= 11 is 6.13. The number of anilines is 2. The first-order valence-corrected chi connectivity index (χ1v) is 13.3. The second kappa shape index (κ2) is 10.1. The lowest BCUT2D eigenvalue weighted by atomic mass is 10.1. The summed E-state index contributed by atoms with van der Waals surface area (Å²) in [4.78, 5) is 31.8. The maximum absolute atomic E-state index is 13.0. The first-order chi connectivity index (χ1) is 19.3. The number of carbonyl (C=O) groups excluding carboxylic acids is 2. The Labute approximate surface area is 236 Å². The van der Waals surface area contributed by atoms with E-state index in [0.29, 0.717) is 16.2 Å². The number of imidazole rings is 1.